The van der Waals surface area contributed by atoms with E-state index in [0.717, 1.165) is 22.6 Å². The normalized spacial score (nSPS) is 18.6. The average Bonchev–Trinajstić information content (AvgIpc) is 2.52. The zero-order chi connectivity index (χ0) is 9.97. The van der Waals surface area contributed by atoms with E-state index >= 15 is 0 Å². The van der Waals surface area contributed by atoms with Crippen molar-refractivity contribution in [2.45, 2.75) is 38.5 Å². The number of halogens is 1. The molecule has 2 rings (SSSR count). The van der Waals surface area contributed by atoms with Crippen LogP contribution >= 0.6 is 15.9 Å². The third-order valence-corrected chi connectivity index (χ3v) is 3.77. The molecule has 78 valence electrons. The first-order valence-electron chi connectivity index (χ1n) is 5.17. The molecule has 1 aliphatic rings. The maximum Gasteiger partial charge on any atom is 0.181 e. The third kappa shape index (κ3) is 2.11. The molecule has 1 heterocycles. The van der Waals surface area contributed by atoms with Crippen LogP contribution in [0.5, 0.6) is 0 Å². The predicted octanol–water partition coefficient (Wildman–Crippen LogP) is 3.14. The van der Waals surface area contributed by atoms with Gasteiger partial charge in [-0.2, -0.15) is 0 Å². The number of rotatable bonds is 2. The first-order chi connectivity index (χ1) is 6.77. The zero-order valence-corrected chi connectivity index (χ0v) is 9.72. The smallest absolute Gasteiger partial charge is 0.181 e. The lowest BCUT2D eigenvalue weighted by Crippen LogP contribution is -2.09. The van der Waals surface area contributed by atoms with Crippen molar-refractivity contribution in [3.63, 3.8) is 0 Å². The van der Waals surface area contributed by atoms with Gasteiger partial charge in [0.05, 0.1) is 0 Å². The highest BCUT2D eigenvalue weighted by atomic mass is 79.9. The van der Waals surface area contributed by atoms with Crippen LogP contribution in [-0.2, 0) is 6.42 Å². The first-order valence-corrected chi connectivity index (χ1v) is 5.96. The van der Waals surface area contributed by atoms with Crippen LogP contribution in [0.4, 0.5) is 5.82 Å². The number of hydrogen-bond acceptors (Lipinski definition) is 3. The molecule has 1 saturated carbocycles. The molecule has 0 aromatic carbocycles. The van der Waals surface area contributed by atoms with Crippen LogP contribution in [0.2, 0.25) is 0 Å². The zero-order valence-electron chi connectivity index (χ0n) is 8.13. The highest BCUT2D eigenvalue weighted by molar-refractivity contribution is 9.10. The van der Waals surface area contributed by atoms with Crippen LogP contribution in [0, 0.1) is 5.92 Å². The molecule has 4 heteroatoms. The summed E-state index contributed by atoms with van der Waals surface area (Å²) in [7, 11) is 0. The summed E-state index contributed by atoms with van der Waals surface area (Å²) in [6, 6.07) is 0. The van der Waals surface area contributed by atoms with Crippen molar-refractivity contribution in [3.05, 3.63) is 10.2 Å². The van der Waals surface area contributed by atoms with Gasteiger partial charge in [-0.05, 0) is 21.8 Å². The lowest BCUT2D eigenvalue weighted by Gasteiger charge is -2.19. The van der Waals surface area contributed by atoms with Crippen LogP contribution in [0.1, 0.15) is 37.9 Å². The van der Waals surface area contributed by atoms with Gasteiger partial charge in [-0.15, -0.1) is 0 Å². The summed E-state index contributed by atoms with van der Waals surface area (Å²) in [6.07, 6.45) is 7.69. The molecule has 14 heavy (non-hydrogen) atoms. The summed E-state index contributed by atoms with van der Waals surface area (Å²) >= 11 is 3.40. The lowest BCUT2D eigenvalue weighted by molar-refractivity contribution is 0.309. The lowest BCUT2D eigenvalue weighted by atomic mass is 9.86. The van der Waals surface area contributed by atoms with Crippen molar-refractivity contribution in [1.29, 1.82) is 0 Å². The monoisotopic (exact) mass is 258 g/mol. The fraction of sp³-hybridized carbons (Fsp3) is 0.700. The van der Waals surface area contributed by atoms with Gasteiger partial charge in [0.2, 0.25) is 0 Å². The maximum absolute atomic E-state index is 5.59. The molecule has 3 nitrogen and oxygen atoms in total. The Labute approximate surface area is 92.2 Å². The summed E-state index contributed by atoms with van der Waals surface area (Å²) in [5.74, 6) is 2.14. The number of nitrogens with two attached hydrogens (primary N) is 1. The van der Waals surface area contributed by atoms with Crippen molar-refractivity contribution < 1.29 is 4.52 Å². The van der Waals surface area contributed by atoms with Gasteiger partial charge in [-0.1, -0.05) is 37.3 Å². The second-order valence-corrected chi connectivity index (χ2v) is 4.81. The molecule has 0 spiro atoms. The predicted molar refractivity (Wildman–Crippen MR) is 58.9 cm³/mol. The molecule has 1 fully saturated rings. The Hall–Kier alpha value is -0.510. The second kappa shape index (κ2) is 4.34. The van der Waals surface area contributed by atoms with E-state index in [2.05, 4.69) is 21.1 Å². The molecule has 2 N–H and O–H groups in total. The van der Waals surface area contributed by atoms with Gasteiger partial charge in [-0.25, -0.2) is 0 Å². The van der Waals surface area contributed by atoms with E-state index in [-0.39, 0.29) is 0 Å². The Morgan fingerprint density at radius 3 is 2.64 bits per heavy atom. The first kappa shape index (κ1) is 10.0. The third-order valence-electron chi connectivity index (χ3n) is 2.92. The average molecular weight is 259 g/mol. The van der Waals surface area contributed by atoms with E-state index in [1.165, 1.54) is 32.1 Å². The van der Waals surface area contributed by atoms with Crippen LogP contribution in [0.15, 0.2) is 9.00 Å². The molecule has 0 unspecified atom stereocenters. The van der Waals surface area contributed by atoms with Gasteiger partial charge in [0.1, 0.15) is 4.47 Å². The van der Waals surface area contributed by atoms with Crippen molar-refractivity contribution in [2.24, 2.45) is 5.92 Å². The van der Waals surface area contributed by atoms with E-state index in [9.17, 15) is 0 Å². The number of aromatic nitrogens is 1. The SMILES string of the molecule is Nc1noc(CC2CCCCC2)c1Br. The van der Waals surface area contributed by atoms with Crippen molar-refractivity contribution in [2.75, 3.05) is 5.73 Å². The summed E-state index contributed by atoms with van der Waals surface area (Å²) in [6.45, 7) is 0. The standard InChI is InChI=1S/C10H15BrN2O/c11-9-8(14-13-10(9)12)6-7-4-2-1-3-5-7/h7H,1-6H2,(H2,12,13). The van der Waals surface area contributed by atoms with Gasteiger partial charge in [-0.3, -0.25) is 0 Å². The Morgan fingerprint density at radius 2 is 2.07 bits per heavy atom. The van der Waals surface area contributed by atoms with E-state index in [1.807, 2.05) is 0 Å². The molecule has 0 bridgehead atoms. The second-order valence-electron chi connectivity index (χ2n) is 4.01. The minimum atomic E-state index is 0.468. The minimum absolute atomic E-state index is 0.468. The van der Waals surface area contributed by atoms with E-state index in [0.29, 0.717) is 5.82 Å². The minimum Gasteiger partial charge on any atom is -0.380 e. The number of hydrogen-bond donors (Lipinski definition) is 1. The van der Waals surface area contributed by atoms with E-state index in [4.69, 9.17) is 10.3 Å². The van der Waals surface area contributed by atoms with Gasteiger partial charge in [0.15, 0.2) is 11.6 Å². The molecular formula is C10H15BrN2O. The van der Waals surface area contributed by atoms with Gasteiger partial charge in [0, 0.05) is 6.42 Å². The molecule has 0 saturated heterocycles. The summed E-state index contributed by atoms with van der Waals surface area (Å²) < 4.78 is 6.03. The fourth-order valence-electron chi connectivity index (χ4n) is 2.11. The molecular weight excluding hydrogens is 244 g/mol. The van der Waals surface area contributed by atoms with Gasteiger partial charge < -0.3 is 10.3 Å². The van der Waals surface area contributed by atoms with Crippen LogP contribution in [0.25, 0.3) is 0 Å². The Bertz CT molecular complexity index is 305. The number of nitrogen functional groups attached to an aromatic ring is 1. The molecule has 0 radical (unpaired) electrons. The van der Waals surface area contributed by atoms with Crippen LogP contribution in [0.3, 0.4) is 0 Å². The molecule has 0 atom stereocenters. The van der Waals surface area contributed by atoms with Crippen molar-refractivity contribution in [1.82, 2.24) is 5.16 Å². The quantitative estimate of drug-likeness (QED) is 0.887. The molecule has 1 aromatic heterocycles. The van der Waals surface area contributed by atoms with Gasteiger partial charge in [0.25, 0.3) is 0 Å². The van der Waals surface area contributed by atoms with E-state index in [1.54, 1.807) is 0 Å². The molecule has 1 aliphatic carbocycles. The topological polar surface area (TPSA) is 52.0 Å². The van der Waals surface area contributed by atoms with Crippen LogP contribution < -0.4 is 5.73 Å². The molecule has 0 amide bonds. The van der Waals surface area contributed by atoms with Gasteiger partial charge >= 0.3 is 0 Å². The highest BCUT2D eigenvalue weighted by Gasteiger charge is 2.19. The Balaban J connectivity index is 1.99. The maximum atomic E-state index is 5.59. The van der Waals surface area contributed by atoms with Crippen molar-refractivity contribution in [3.8, 4) is 0 Å². The highest BCUT2D eigenvalue weighted by Crippen LogP contribution is 2.31. The number of nitrogens with zero attached hydrogens (tertiary/aromatic N) is 1. The van der Waals surface area contributed by atoms with Crippen molar-refractivity contribution >= 4 is 21.7 Å². The van der Waals surface area contributed by atoms with E-state index < -0.39 is 0 Å². The fourth-order valence-corrected chi connectivity index (χ4v) is 2.41. The van der Waals surface area contributed by atoms with Crippen LogP contribution in [-0.4, -0.2) is 5.16 Å². The largest absolute Gasteiger partial charge is 0.380 e. The summed E-state index contributed by atoms with van der Waals surface area (Å²) in [5.41, 5.74) is 5.59. The summed E-state index contributed by atoms with van der Waals surface area (Å²) in [5, 5.41) is 3.74. The Kier molecular flexibility index (Phi) is 3.11. The Morgan fingerprint density at radius 1 is 1.36 bits per heavy atom. The molecule has 0 aliphatic heterocycles. The number of anilines is 1. The molecule has 1 aromatic rings. The summed E-state index contributed by atoms with van der Waals surface area (Å²) in [4.78, 5) is 0.